The second kappa shape index (κ2) is 2.81. The van der Waals surface area contributed by atoms with E-state index in [0.717, 1.165) is 31.5 Å². The van der Waals surface area contributed by atoms with Gasteiger partial charge in [0.05, 0.1) is 0 Å². The normalized spacial score (nSPS) is 22.4. The number of rotatable bonds is 1. The van der Waals surface area contributed by atoms with Gasteiger partial charge in [-0.15, -0.1) is 0 Å². The fourth-order valence-corrected chi connectivity index (χ4v) is 2.03. The molecule has 0 radical (unpaired) electrons. The van der Waals surface area contributed by atoms with Crippen LogP contribution >= 0.6 is 0 Å². The number of likely N-dealkylation sites (N-methyl/N-ethyl adjacent to an activating group) is 1. The van der Waals surface area contributed by atoms with Crippen molar-refractivity contribution in [1.82, 2.24) is 10.2 Å². The van der Waals surface area contributed by atoms with Gasteiger partial charge in [-0.1, -0.05) is 0 Å². The molecule has 0 spiro atoms. The second-order valence-electron chi connectivity index (χ2n) is 3.47. The number of amides is 1. The molecule has 0 atom stereocenters. The number of nitrogens with zero attached hydrogens (tertiary/aromatic N) is 1. The molecule has 3 heterocycles. The molecule has 0 aliphatic carbocycles. The molecule has 0 aromatic carbocycles. The molecule has 3 heteroatoms. The van der Waals surface area contributed by atoms with Crippen LogP contribution in [-0.2, 0) is 4.79 Å². The molecule has 0 saturated carbocycles. The molecule has 3 aliphatic heterocycles. The van der Waals surface area contributed by atoms with Crippen molar-refractivity contribution in [2.75, 3.05) is 20.1 Å². The van der Waals surface area contributed by atoms with Gasteiger partial charge in [0.25, 0.3) is 0 Å². The first-order valence-corrected chi connectivity index (χ1v) is 4.49. The van der Waals surface area contributed by atoms with Gasteiger partial charge in [0, 0.05) is 31.9 Å². The summed E-state index contributed by atoms with van der Waals surface area (Å²) in [5.41, 5.74) is 0.981. The summed E-state index contributed by atoms with van der Waals surface area (Å²) in [7, 11) is 1.70. The second-order valence-corrected chi connectivity index (χ2v) is 3.47. The van der Waals surface area contributed by atoms with Crippen LogP contribution in [0.25, 0.3) is 0 Å². The van der Waals surface area contributed by atoms with Gasteiger partial charge in [-0.2, -0.15) is 0 Å². The lowest BCUT2D eigenvalue weighted by molar-refractivity contribution is -0.118. The van der Waals surface area contributed by atoms with E-state index in [1.54, 1.807) is 7.05 Å². The lowest BCUT2D eigenvalue weighted by atomic mass is 9.85. The highest BCUT2D eigenvalue weighted by atomic mass is 16.1. The first-order valence-electron chi connectivity index (χ1n) is 4.49. The van der Waals surface area contributed by atoms with Gasteiger partial charge in [0.1, 0.15) is 0 Å². The summed E-state index contributed by atoms with van der Waals surface area (Å²) in [5, 5.41) is 2.69. The zero-order valence-corrected chi connectivity index (χ0v) is 7.34. The van der Waals surface area contributed by atoms with Crippen LogP contribution in [0.3, 0.4) is 0 Å². The van der Waals surface area contributed by atoms with E-state index in [2.05, 4.69) is 10.2 Å². The fraction of sp³-hybridized carbons (Fsp3) is 0.667. The molecular formula is C9H14N2O. The van der Waals surface area contributed by atoms with Gasteiger partial charge >= 0.3 is 0 Å². The summed E-state index contributed by atoms with van der Waals surface area (Å²) in [4.78, 5) is 13.6. The lowest BCUT2D eigenvalue weighted by Crippen LogP contribution is -2.40. The average molecular weight is 166 g/mol. The molecule has 12 heavy (non-hydrogen) atoms. The van der Waals surface area contributed by atoms with Crippen LogP contribution < -0.4 is 5.32 Å². The van der Waals surface area contributed by atoms with E-state index in [9.17, 15) is 4.79 Å². The van der Waals surface area contributed by atoms with Crippen molar-refractivity contribution >= 4 is 5.91 Å². The van der Waals surface area contributed by atoms with Crippen molar-refractivity contribution < 1.29 is 4.79 Å². The molecule has 1 amide bonds. The molecule has 3 rings (SSSR count). The third kappa shape index (κ3) is 1.09. The van der Waals surface area contributed by atoms with Gasteiger partial charge in [0.2, 0.25) is 5.91 Å². The zero-order valence-electron chi connectivity index (χ0n) is 7.34. The molecule has 3 aliphatic rings. The smallest absolute Gasteiger partial charge is 0.248 e. The minimum atomic E-state index is 0.101. The van der Waals surface area contributed by atoms with Crippen LogP contribution in [0.5, 0.6) is 0 Å². The third-order valence-electron chi connectivity index (χ3n) is 2.78. The highest BCUT2D eigenvalue weighted by Crippen LogP contribution is 2.30. The number of fused-ring (bicyclic) bond motifs is 2. The van der Waals surface area contributed by atoms with Gasteiger partial charge in [-0.25, -0.2) is 0 Å². The van der Waals surface area contributed by atoms with Crippen molar-refractivity contribution in [3.05, 3.63) is 11.8 Å². The molecular weight excluding hydrogens is 152 g/mol. The van der Waals surface area contributed by atoms with Crippen molar-refractivity contribution in [2.24, 2.45) is 5.92 Å². The van der Waals surface area contributed by atoms with E-state index in [0.29, 0.717) is 5.92 Å². The Morgan fingerprint density at radius 1 is 1.58 bits per heavy atom. The number of hydrogen-bond acceptors (Lipinski definition) is 2. The van der Waals surface area contributed by atoms with Crippen molar-refractivity contribution in [1.29, 1.82) is 0 Å². The van der Waals surface area contributed by atoms with Crippen LogP contribution in [0.4, 0.5) is 0 Å². The number of piperidine rings is 1. The average Bonchev–Trinajstić information content (AvgIpc) is 2.18. The predicted molar refractivity (Wildman–Crippen MR) is 46.4 cm³/mol. The Morgan fingerprint density at radius 3 is 2.67 bits per heavy atom. The maximum atomic E-state index is 11.4. The number of carbonyl (C=O) groups is 1. The van der Waals surface area contributed by atoms with Crippen LogP contribution in [0.2, 0.25) is 0 Å². The SMILES string of the molecule is CNC(=O)C1=CN2CCC1CC2. The van der Waals surface area contributed by atoms with Gasteiger partial charge in [0.15, 0.2) is 0 Å². The number of carbonyl (C=O) groups excluding carboxylic acids is 1. The van der Waals surface area contributed by atoms with Crippen LogP contribution in [0.1, 0.15) is 12.8 Å². The summed E-state index contributed by atoms with van der Waals surface area (Å²) in [6.45, 7) is 2.26. The van der Waals surface area contributed by atoms with Gasteiger partial charge < -0.3 is 10.2 Å². The Balaban J connectivity index is 2.20. The van der Waals surface area contributed by atoms with E-state index < -0.39 is 0 Å². The van der Waals surface area contributed by atoms with E-state index in [-0.39, 0.29) is 5.91 Å². The molecule has 66 valence electrons. The molecule has 2 bridgehead atoms. The zero-order chi connectivity index (χ0) is 8.55. The Morgan fingerprint density at radius 2 is 2.25 bits per heavy atom. The molecule has 0 aromatic rings. The Kier molecular flexibility index (Phi) is 1.79. The molecule has 1 N–H and O–H groups in total. The standard InChI is InChI=1S/C9H14N2O/c1-10-9(12)8-6-11-4-2-7(8)3-5-11/h6-7H,2-5H2,1H3,(H,10,12). The van der Waals surface area contributed by atoms with E-state index in [4.69, 9.17) is 0 Å². The maximum absolute atomic E-state index is 11.4. The Hall–Kier alpha value is -0.990. The first kappa shape index (κ1) is 7.65. The predicted octanol–water partition coefficient (Wildman–Crippen LogP) is 0.342. The largest absolute Gasteiger partial charge is 0.377 e. The van der Waals surface area contributed by atoms with Gasteiger partial charge in [-0.3, -0.25) is 4.79 Å². The summed E-state index contributed by atoms with van der Waals surface area (Å²) in [6, 6.07) is 0. The summed E-state index contributed by atoms with van der Waals surface area (Å²) < 4.78 is 0. The highest BCUT2D eigenvalue weighted by molar-refractivity contribution is 5.93. The molecule has 1 saturated heterocycles. The van der Waals surface area contributed by atoms with E-state index in [1.165, 1.54) is 0 Å². The molecule has 0 aromatic heterocycles. The van der Waals surface area contributed by atoms with Crippen LogP contribution in [0.15, 0.2) is 11.8 Å². The number of hydrogen-bond donors (Lipinski definition) is 1. The highest BCUT2D eigenvalue weighted by Gasteiger charge is 2.29. The summed E-state index contributed by atoms with van der Waals surface area (Å²) in [5.74, 6) is 0.624. The van der Waals surface area contributed by atoms with E-state index in [1.807, 2.05) is 6.20 Å². The Bertz CT molecular complexity index is 227. The molecule has 3 nitrogen and oxygen atoms in total. The van der Waals surface area contributed by atoms with E-state index >= 15 is 0 Å². The van der Waals surface area contributed by atoms with Gasteiger partial charge in [-0.05, 0) is 18.8 Å². The van der Waals surface area contributed by atoms with Crippen molar-refractivity contribution in [3.8, 4) is 0 Å². The maximum Gasteiger partial charge on any atom is 0.248 e. The van der Waals surface area contributed by atoms with Crippen molar-refractivity contribution in [2.45, 2.75) is 12.8 Å². The minimum absolute atomic E-state index is 0.101. The summed E-state index contributed by atoms with van der Waals surface area (Å²) >= 11 is 0. The topological polar surface area (TPSA) is 32.3 Å². The molecule has 0 unspecified atom stereocenters. The minimum Gasteiger partial charge on any atom is -0.377 e. The molecule has 1 fully saturated rings. The third-order valence-corrected chi connectivity index (χ3v) is 2.78. The lowest BCUT2D eigenvalue weighted by Gasteiger charge is -2.38. The monoisotopic (exact) mass is 166 g/mol. The number of nitrogens with one attached hydrogen (secondary N) is 1. The first-order chi connectivity index (χ1) is 5.81. The van der Waals surface area contributed by atoms with Crippen LogP contribution in [0, 0.1) is 5.92 Å². The Labute approximate surface area is 72.4 Å². The summed E-state index contributed by atoms with van der Waals surface area (Å²) in [6.07, 6.45) is 4.33. The fourth-order valence-electron chi connectivity index (χ4n) is 2.03. The quantitative estimate of drug-likeness (QED) is 0.609. The van der Waals surface area contributed by atoms with Crippen molar-refractivity contribution in [3.63, 3.8) is 0 Å². The van der Waals surface area contributed by atoms with Crippen LogP contribution in [-0.4, -0.2) is 30.9 Å².